The number of hydrogen-bond acceptors (Lipinski definition) is 2. The summed E-state index contributed by atoms with van der Waals surface area (Å²) in [6.07, 6.45) is 9.01. The zero-order valence-electron chi connectivity index (χ0n) is 13.0. The van der Waals surface area contributed by atoms with Gasteiger partial charge in [0.1, 0.15) is 0 Å². The molecule has 1 saturated heterocycles. The van der Waals surface area contributed by atoms with Crippen molar-refractivity contribution in [1.82, 2.24) is 5.32 Å². The van der Waals surface area contributed by atoms with E-state index in [9.17, 15) is 0 Å². The van der Waals surface area contributed by atoms with Crippen molar-refractivity contribution in [3.8, 4) is 0 Å². The maximum atomic E-state index is 5.88. The fourth-order valence-corrected chi connectivity index (χ4v) is 4.88. The quantitative estimate of drug-likeness (QED) is 0.838. The summed E-state index contributed by atoms with van der Waals surface area (Å²) >= 11 is 0. The van der Waals surface area contributed by atoms with Gasteiger partial charge >= 0.3 is 0 Å². The normalized spacial score (nSPS) is 44.7. The van der Waals surface area contributed by atoms with Crippen molar-refractivity contribution in [2.75, 3.05) is 13.2 Å². The molecule has 3 rings (SSSR count). The molecule has 19 heavy (non-hydrogen) atoms. The van der Waals surface area contributed by atoms with Gasteiger partial charge in [0.05, 0.1) is 6.10 Å². The molecular formula is C17H31NO. The second-order valence-electron chi connectivity index (χ2n) is 7.75. The van der Waals surface area contributed by atoms with Crippen LogP contribution in [0.5, 0.6) is 0 Å². The van der Waals surface area contributed by atoms with Crippen LogP contribution in [0.3, 0.4) is 0 Å². The first kappa shape index (κ1) is 13.9. The fraction of sp³-hybridized carbons (Fsp3) is 1.00. The van der Waals surface area contributed by atoms with E-state index in [2.05, 4.69) is 26.1 Å². The number of nitrogens with one attached hydrogen (secondary N) is 1. The second-order valence-corrected chi connectivity index (χ2v) is 7.75. The molecule has 0 aromatic rings. The van der Waals surface area contributed by atoms with Crippen molar-refractivity contribution in [2.24, 2.45) is 23.2 Å². The van der Waals surface area contributed by atoms with Crippen molar-refractivity contribution >= 4 is 0 Å². The molecule has 3 aliphatic rings. The Morgan fingerprint density at radius 2 is 1.74 bits per heavy atom. The summed E-state index contributed by atoms with van der Waals surface area (Å²) in [5.41, 5.74) is 0.349. The molecule has 0 spiro atoms. The van der Waals surface area contributed by atoms with Gasteiger partial charge in [0.15, 0.2) is 0 Å². The molecule has 2 heteroatoms. The lowest BCUT2D eigenvalue weighted by molar-refractivity contribution is -0.113. The Labute approximate surface area is 118 Å². The summed E-state index contributed by atoms with van der Waals surface area (Å²) < 4.78 is 5.88. The molecule has 0 bridgehead atoms. The Bertz CT molecular complexity index is 306. The van der Waals surface area contributed by atoms with E-state index in [-0.39, 0.29) is 0 Å². The zero-order valence-corrected chi connectivity index (χ0v) is 13.0. The summed E-state index contributed by atoms with van der Waals surface area (Å²) in [6, 6.07) is 0.698. The summed E-state index contributed by atoms with van der Waals surface area (Å²) in [4.78, 5) is 0. The van der Waals surface area contributed by atoms with Gasteiger partial charge in [-0.15, -0.1) is 0 Å². The van der Waals surface area contributed by atoms with Gasteiger partial charge in [0.2, 0.25) is 0 Å². The molecule has 0 aromatic carbocycles. The molecule has 0 amide bonds. The van der Waals surface area contributed by atoms with Gasteiger partial charge in [-0.05, 0) is 37.6 Å². The highest BCUT2D eigenvalue weighted by atomic mass is 16.5. The molecule has 3 unspecified atom stereocenters. The predicted molar refractivity (Wildman–Crippen MR) is 79.2 cm³/mol. The van der Waals surface area contributed by atoms with Gasteiger partial charge in [-0.2, -0.15) is 0 Å². The minimum atomic E-state index is 0.349. The molecule has 2 aliphatic carbocycles. The van der Waals surface area contributed by atoms with Gasteiger partial charge in [0.25, 0.3) is 0 Å². The van der Waals surface area contributed by atoms with Crippen LogP contribution < -0.4 is 5.32 Å². The Kier molecular flexibility index (Phi) is 3.92. The van der Waals surface area contributed by atoms with Crippen LogP contribution in [-0.4, -0.2) is 25.3 Å². The largest absolute Gasteiger partial charge is 0.377 e. The van der Waals surface area contributed by atoms with Crippen LogP contribution in [0.25, 0.3) is 0 Å². The smallest absolute Gasteiger partial charge is 0.0685 e. The molecule has 2 saturated carbocycles. The zero-order chi connectivity index (χ0) is 13.5. The molecule has 3 fully saturated rings. The maximum Gasteiger partial charge on any atom is 0.0685 e. The van der Waals surface area contributed by atoms with Crippen molar-refractivity contribution in [3.05, 3.63) is 0 Å². The second kappa shape index (κ2) is 5.37. The lowest BCUT2D eigenvalue weighted by Gasteiger charge is -2.55. The first-order chi connectivity index (χ1) is 9.13. The Morgan fingerprint density at radius 1 is 1.05 bits per heavy atom. The van der Waals surface area contributed by atoms with Crippen molar-refractivity contribution < 1.29 is 4.74 Å². The van der Waals surface area contributed by atoms with E-state index in [0.29, 0.717) is 17.6 Å². The van der Waals surface area contributed by atoms with Crippen LogP contribution in [0.15, 0.2) is 0 Å². The molecule has 1 aliphatic heterocycles. The molecule has 110 valence electrons. The molecule has 1 heterocycles. The minimum Gasteiger partial charge on any atom is -0.377 e. The highest BCUT2D eigenvalue weighted by molar-refractivity contribution is 5.11. The van der Waals surface area contributed by atoms with Gasteiger partial charge in [-0.1, -0.05) is 40.0 Å². The van der Waals surface area contributed by atoms with Crippen LogP contribution in [0.1, 0.15) is 59.3 Å². The van der Waals surface area contributed by atoms with E-state index in [1.807, 2.05) is 0 Å². The average molecular weight is 265 g/mol. The van der Waals surface area contributed by atoms with E-state index in [0.717, 1.165) is 24.4 Å². The van der Waals surface area contributed by atoms with E-state index < -0.39 is 0 Å². The summed E-state index contributed by atoms with van der Waals surface area (Å²) in [5, 5.41) is 3.90. The van der Waals surface area contributed by atoms with Crippen LogP contribution in [-0.2, 0) is 4.74 Å². The van der Waals surface area contributed by atoms with Gasteiger partial charge < -0.3 is 10.1 Å². The van der Waals surface area contributed by atoms with E-state index in [1.165, 1.54) is 45.1 Å². The summed E-state index contributed by atoms with van der Waals surface area (Å²) in [7, 11) is 0. The van der Waals surface area contributed by atoms with E-state index >= 15 is 0 Å². The lowest BCUT2D eigenvalue weighted by Crippen LogP contribution is -2.66. The average Bonchev–Trinajstić information content (AvgIpc) is 2.86. The molecule has 2 nitrogen and oxygen atoms in total. The van der Waals surface area contributed by atoms with Crippen LogP contribution in [0, 0.1) is 23.2 Å². The van der Waals surface area contributed by atoms with E-state index in [1.54, 1.807) is 0 Å². The van der Waals surface area contributed by atoms with Crippen molar-refractivity contribution in [3.63, 3.8) is 0 Å². The molecular weight excluding hydrogens is 234 g/mol. The Hall–Kier alpha value is -0.0800. The molecule has 3 atom stereocenters. The standard InChI is InChI=1S/C17H31NO/c1-4-12-5-7-13(8-6-12)11-18-15-14-9-10-19-16(14)17(15,2)3/h12-16,18H,4-11H2,1-3H3. The van der Waals surface area contributed by atoms with Crippen molar-refractivity contribution in [1.29, 1.82) is 0 Å². The first-order valence-electron chi connectivity index (χ1n) is 8.48. The summed E-state index contributed by atoms with van der Waals surface area (Å²) in [6.45, 7) is 9.34. The number of ether oxygens (including phenoxy) is 1. The fourth-order valence-electron chi connectivity index (χ4n) is 4.88. The predicted octanol–water partition coefficient (Wildman–Crippen LogP) is 3.61. The monoisotopic (exact) mass is 265 g/mol. The molecule has 0 radical (unpaired) electrons. The van der Waals surface area contributed by atoms with Crippen LogP contribution in [0.4, 0.5) is 0 Å². The van der Waals surface area contributed by atoms with Gasteiger partial charge in [-0.25, -0.2) is 0 Å². The molecule has 0 aromatic heterocycles. The number of fused-ring (bicyclic) bond motifs is 1. The van der Waals surface area contributed by atoms with Crippen LogP contribution in [0.2, 0.25) is 0 Å². The highest BCUT2D eigenvalue weighted by Gasteiger charge is 2.58. The Morgan fingerprint density at radius 3 is 2.42 bits per heavy atom. The topological polar surface area (TPSA) is 21.3 Å². The Balaban J connectivity index is 1.45. The number of rotatable bonds is 4. The lowest BCUT2D eigenvalue weighted by atomic mass is 9.57. The SMILES string of the molecule is CCC1CCC(CNC2C3CCOC3C2(C)C)CC1. The van der Waals surface area contributed by atoms with E-state index in [4.69, 9.17) is 4.74 Å². The third-order valence-electron chi connectivity index (χ3n) is 6.27. The third-order valence-corrected chi connectivity index (χ3v) is 6.27. The highest BCUT2D eigenvalue weighted by Crippen LogP contribution is 2.52. The summed E-state index contributed by atoms with van der Waals surface area (Å²) in [5.74, 6) is 2.74. The molecule has 1 N–H and O–H groups in total. The van der Waals surface area contributed by atoms with Gasteiger partial charge in [0, 0.05) is 24.0 Å². The van der Waals surface area contributed by atoms with Crippen LogP contribution >= 0.6 is 0 Å². The minimum absolute atomic E-state index is 0.349. The van der Waals surface area contributed by atoms with Crippen molar-refractivity contribution in [2.45, 2.75) is 71.4 Å². The third kappa shape index (κ3) is 2.47. The maximum absolute atomic E-state index is 5.88. The first-order valence-corrected chi connectivity index (χ1v) is 8.48. The number of hydrogen-bond donors (Lipinski definition) is 1. The van der Waals surface area contributed by atoms with Gasteiger partial charge in [-0.3, -0.25) is 0 Å².